The first-order valence-corrected chi connectivity index (χ1v) is 31.4. The zero-order valence-corrected chi connectivity index (χ0v) is 53.5. The van der Waals surface area contributed by atoms with Crippen molar-refractivity contribution in [3.8, 4) is 21.6 Å². The van der Waals surface area contributed by atoms with Crippen LogP contribution in [0.3, 0.4) is 0 Å². The topological polar surface area (TPSA) is 286 Å². The monoisotopic (exact) mass is 1300 g/mol. The molecule has 0 spiro atoms. The maximum absolute atomic E-state index is 16.2. The maximum atomic E-state index is 16.2. The third kappa shape index (κ3) is 18.6. The SMILES string of the molecule is Cc1ncsc1-c1ccc(CNC(=O)[C@@H]2C[C@@H](O)CN2C(=O)[C@@H](NC(=O)CCOCCOCCOCCNC(=O)CCC(=O)N2CCN(c3ncc(-c4cc(NC(=O)c5c[nH]c(=O)cc5C(F)(F)F)c(N5C[C@@H](C)N(C)[C@@H](C)C5)cc4F)cn3)CC2)C(C)(C)C)cc1. The van der Waals surface area contributed by atoms with Crippen LogP contribution in [0.4, 0.5) is 34.9 Å². The fourth-order valence-electron chi connectivity index (χ4n) is 11.1. The lowest BCUT2D eigenvalue weighted by Gasteiger charge is -2.44. The maximum Gasteiger partial charge on any atom is 0.417 e. The molecule has 6 N–H and O–H groups in total. The molecule has 0 unspecified atom stereocenters. The van der Waals surface area contributed by atoms with E-state index in [2.05, 4.69) is 46.1 Å². The number of hydrogen-bond donors (Lipinski definition) is 6. The average Bonchev–Trinajstić information content (AvgIpc) is 0.847. The van der Waals surface area contributed by atoms with Crippen molar-refractivity contribution in [1.82, 2.24) is 50.6 Å². The van der Waals surface area contributed by atoms with E-state index in [4.69, 9.17) is 14.2 Å². The van der Waals surface area contributed by atoms with E-state index in [0.717, 1.165) is 21.7 Å². The average molecular weight is 1300 g/mol. The summed E-state index contributed by atoms with van der Waals surface area (Å²) in [5, 5.41) is 21.6. The number of halogens is 4. The predicted molar refractivity (Wildman–Crippen MR) is 336 cm³/mol. The highest BCUT2D eigenvalue weighted by atomic mass is 32.1. The Morgan fingerprint density at radius 1 is 0.793 bits per heavy atom. The van der Waals surface area contributed by atoms with Crippen LogP contribution in [0.25, 0.3) is 21.6 Å². The van der Waals surface area contributed by atoms with Crippen molar-refractivity contribution >= 4 is 64.1 Å². The molecule has 3 aliphatic rings. The van der Waals surface area contributed by atoms with Crippen LogP contribution in [0.15, 0.2) is 71.4 Å². The summed E-state index contributed by atoms with van der Waals surface area (Å²) in [6, 6.07) is 8.78. The molecule has 3 fully saturated rings. The second-order valence-electron chi connectivity index (χ2n) is 24.2. The first-order chi connectivity index (χ1) is 43.7. The van der Waals surface area contributed by atoms with Crippen LogP contribution in [0.5, 0.6) is 0 Å². The Morgan fingerprint density at radius 2 is 1.45 bits per heavy atom. The van der Waals surface area contributed by atoms with Crippen LogP contribution in [-0.2, 0) is 50.9 Å². The number of aliphatic hydroxyl groups is 1. The van der Waals surface area contributed by atoms with Crippen LogP contribution in [-0.4, -0.2) is 205 Å². The number of benzene rings is 2. The largest absolute Gasteiger partial charge is 0.417 e. The van der Waals surface area contributed by atoms with E-state index in [1.807, 2.05) is 82.7 Å². The Morgan fingerprint density at radius 3 is 2.08 bits per heavy atom. The molecule has 0 radical (unpaired) electrons. The second-order valence-corrected chi connectivity index (χ2v) is 25.1. The Kier molecular flexibility index (Phi) is 24.0. The Hall–Kier alpha value is -7.96. The number of amides is 6. The number of ether oxygens (including phenoxy) is 3. The van der Waals surface area contributed by atoms with Crippen molar-refractivity contribution in [3.63, 3.8) is 0 Å². The van der Waals surface area contributed by atoms with Gasteiger partial charge in [0, 0.05) is 132 Å². The molecule has 3 aromatic heterocycles. The minimum atomic E-state index is -5.01. The van der Waals surface area contributed by atoms with Crippen LogP contribution < -0.4 is 36.6 Å². The predicted octanol–water partition coefficient (Wildman–Crippen LogP) is 5.00. The van der Waals surface area contributed by atoms with Crippen LogP contribution in [0, 0.1) is 18.2 Å². The van der Waals surface area contributed by atoms with E-state index in [1.54, 1.807) is 21.7 Å². The van der Waals surface area contributed by atoms with Gasteiger partial charge >= 0.3 is 6.18 Å². The van der Waals surface area contributed by atoms with Crippen molar-refractivity contribution in [3.05, 3.63) is 105 Å². The van der Waals surface area contributed by atoms with Gasteiger partial charge in [-0.25, -0.2) is 19.3 Å². The zero-order valence-electron chi connectivity index (χ0n) is 52.7. The number of nitrogens with one attached hydrogen (secondary N) is 5. The van der Waals surface area contributed by atoms with E-state index in [0.29, 0.717) is 57.5 Å². The number of carbonyl (C=O) groups excluding carboxylic acids is 6. The van der Waals surface area contributed by atoms with E-state index in [1.165, 1.54) is 29.4 Å². The van der Waals surface area contributed by atoms with Crippen LogP contribution in [0.2, 0.25) is 0 Å². The third-order valence-corrected chi connectivity index (χ3v) is 17.4. The number of aromatic amines is 1. The molecule has 0 saturated carbocycles. The number of anilines is 3. The molecule has 498 valence electrons. The molecule has 6 heterocycles. The smallest absolute Gasteiger partial charge is 0.391 e. The molecular formula is C63H81F4N13O11S. The molecule has 6 amide bonds. The van der Waals surface area contributed by atoms with E-state index < -0.39 is 75.9 Å². The first-order valence-electron chi connectivity index (χ1n) is 30.6. The number of aromatic nitrogens is 4. The van der Waals surface area contributed by atoms with Crippen molar-refractivity contribution in [2.24, 2.45) is 5.41 Å². The number of likely N-dealkylation sites (N-methyl/N-ethyl adjacent to an activating group) is 1. The normalized spacial score (nSPS) is 18.4. The van der Waals surface area contributed by atoms with Gasteiger partial charge in [-0.3, -0.25) is 38.5 Å². The molecule has 92 heavy (non-hydrogen) atoms. The highest BCUT2D eigenvalue weighted by Gasteiger charge is 2.45. The third-order valence-electron chi connectivity index (χ3n) is 16.4. The fraction of sp³-hybridized carbons (Fsp3) is 0.524. The standard InChI is InChI=1S/C63H81F4N13O11S/c1-38-34-79(35-39(2)76(38)7)50-29-48(64)45(27-49(50)74-58(86)46-33-69-54(84)28-47(46)63(65,66)67)43-31-71-61(72-32-43)78-18-16-77(17-19-78)55(85)13-12-52(82)68-15-21-90-23-25-91-24-22-89-20-14-53(83)75-57(62(4,5)6)60(88)80-36-44(81)26-51(80)59(87)70-30-41-8-10-42(11-9-41)56-40(3)73-37-92-56/h8-11,27-29,31-33,37-39,44,51,57,81H,12-26,30,34-36H2,1-7H3,(H,68,82)(H,69,84)(H,70,87)(H,74,86)(H,75,83)/t38-,39+,44-,51+,57-/m1/s1. The molecule has 3 aliphatic heterocycles. The molecule has 24 nitrogen and oxygen atoms in total. The van der Waals surface area contributed by atoms with Crippen LogP contribution in [0.1, 0.15) is 87.5 Å². The molecule has 3 saturated heterocycles. The minimum absolute atomic E-state index is 0.0103. The lowest BCUT2D eigenvalue weighted by atomic mass is 9.85. The molecule has 5 aromatic rings. The Labute approximate surface area is 534 Å². The van der Waals surface area contributed by atoms with Crippen LogP contribution >= 0.6 is 11.3 Å². The number of pyridine rings is 1. The molecule has 8 rings (SSSR count). The summed E-state index contributed by atoms with van der Waals surface area (Å²) in [5.74, 6) is -3.34. The number of nitrogens with zero attached hydrogens (tertiary/aromatic N) is 8. The van der Waals surface area contributed by atoms with Gasteiger partial charge in [0.2, 0.25) is 41.0 Å². The number of rotatable bonds is 26. The number of aryl methyl sites for hydroxylation is 1. The Bertz CT molecular complexity index is 3420. The Balaban J connectivity index is 0.686. The number of hydrogen-bond acceptors (Lipinski definition) is 18. The summed E-state index contributed by atoms with van der Waals surface area (Å²) in [7, 11) is 1.95. The van der Waals surface area contributed by atoms with Crippen molar-refractivity contribution in [1.29, 1.82) is 0 Å². The summed E-state index contributed by atoms with van der Waals surface area (Å²) < 4.78 is 74.9. The summed E-state index contributed by atoms with van der Waals surface area (Å²) in [6.07, 6.45) is -2.44. The molecule has 0 bridgehead atoms. The van der Waals surface area contributed by atoms with E-state index >= 15 is 4.39 Å². The molecule has 29 heteroatoms. The van der Waals surface area contributed by atoms with Gasteiger partial charge in [0.1, 0.15) is 17.9 Å². The van der Waals surface area contributed by atoms with Gasteiger partial charge in [-0.15, -0.1) is 11.3 Å². The number of H-pyrrole nitrogens is 1. The summed E-state index contributed by atoms with van der Waals surface area (Å²) in [4.78, 5) is 117. The molecule has 0 aliphatic carbocycles. The van der Waals surface area contributed by atoms with E-state index in [-0.39, 0.29) is 131 Å². The number of thiazole rings is 1. The van der Waals surface area contributed by atoms with Gasteiger partial charge < -0.3 is 65.2 Å². The second kappa shape index (κ2) is 31.6. The molecule has 5 atom stereocenters. The lowest BCUT2D eigenvalue weighted by molar-refractivity contribution is -0.144. The van der Waals surface area contributed by atoms with Gasteiger partial charge in [0.05, 0.1) is 84.3 Å². The number of piperazine rings is 2. The zero-order chi connectivity index (χ0) is 66.4. The lowest BCUT2D eigenvalue weighted by Crippen LogP contribution is -2.57. The number of carbonyl (C=O) groups is 6. The quantitative estimate of drug-likeness (QED) is 0.0314. The van der Waals surface area contributed by atoms with Crippen molar-refractivity contribution in [2.45, 2.75) is 110 Å². The van der Waals surface area contributed by atoms with Crippen molar-refractivity contribution in [2.75, 3.05) is 114 Å². The minimum Gasteiger partial charge on any atom is -0.391 e. The number of alkyl halides is 3. The highest BCUT2D eigenvalue weighted by molar-refractivity contribution is 7.13. The fourth-order valence-corrected chi connectivity index (χ4v) is 11.9. The van der Waals surface area contributed by atoms with Gasteiger partial charge in [-0.1, -0.05) is 45.0 Å². The van der Waals surface area contributed by atoms with Crippen molar-refractivity contribution < 1.29 is 65.6 Å². The summed E-state index contributed by atoms with van der Waals surface area (Å²) in [6.45, 7) is 15.2. The van der Waals surface area contributed by atoms with Gasteiger partial charge in [-0.05, 0) is 56.5 Å². The summed E-state index contributed by atoms with van der Waals surface area (Å²) >= 11 is 1.55. The number of likely N-dealkylation sites (tertiary alicyclic amines) is 1. The highest BCUT2D eigenvalue weighted by Crippen LogP contribution is 2.38. The van der Waals surface area contributed by atoms with E-state index in [9.17, 15) is 51.8 Å². The molecule has 2 aromatic carbocycles. The van der Waals surface area contributed by atoms with Gasteiger partial charge in [0.15, 0.2) is 0 Å². The number of β-amino-alcohol motifs (C(OH)–C–C–N with tert-alkyl or cyclic N) is 1. The van der Waals surface area contributed by atoms with Gasteiger partial charge in [0.25, 0.3) is 5.91 Å². The molecular weight excluding hydrogens is 1220 g/mol. The van der Waals surface area contributed by atoms with Gasteiger partial charge in [-0.2, -0.15) is 13.2 Å². The summed E-state index contributed by atoms with van der Waals surface area (Å²) in [5.41, 5.74) is 1.12. The first kappa shape index (κ1) is 69.9. The number of aliphatic hydroxyl groups excluding tert-OH is 1.